The van der Waals surface area contributed by atoms with Gasteiger partial charge in [-0.15, -0.1) is 0 Å². The van der Waals surface area contributed by atoms with Gasteiger partial charge in [-0.05, 0) is 26.7 Å². The van der Waals surface area contributed by atoms with Crippen molar-refractivity contribution < 1.29 is 19.3 Å². The molecule has 0 radical (unpaired) electrons. The van der Waals surface area contributed by atoms with Crippen molar-refractivity contribution in [2.75, 3.05) is 20.3 Å². The minimum atomic E-state index is -0.525. The van der Waals surface area contributed by atoms with Crippen molar-refractivity contribution in [1.29, 1.82) is 0 Å². The second kappa shape index (κ2) is 6.43. The van der Waals surface area contributed by atoms with E-state index in [1.807, 2.05) is 0 Å². The van der Waals surface area contributed by atoms with Crippen molar-refractivity contribution in [1.82, 2.24) is 0 Å². The summed E-state index contributed by atoms with van der Waals surface area (Å²) in [5, 5.41) is 9.43. The molecule has 0 saturated carbocycles. The fourth-order valence-electron chi connectivity index (χ4n) is 1.97. The van der Waals surface area contributed by atoms with Gasteiger partial charge in [0, 0.05) is 7.11 Å². The lowest BCUT2D eigenvalue weighted by Crippen LogP contribution is -2.36. The molecule has 0 aromatic rings. The summed E-state index contributed by atoms with van der Waals surface area (Å²) in [5.41, 5.74) is 0. The van der Waals surface area contributed by atoms with Crippen LogP contribution in [0.1, 0.15) is 26.7 Å². The monoisotopic (exact) mass is 218 g/mol. The molecule has 1 fully saturated rings. The van der Waals surface area contributed by atoms with Crippen molar-refractivity contribution in [3.63, 3.8) is 0 Å². The summed E-state index contributed by atoms with van der Waals surface area (Å²) in [5.74, 6) is 0. The molecule has 0 aromatic heterocycles. The predicted molar refractivity (Wildman–Crippen MR) is 56.9 cm³/mol. The van der Waals surface area contributed by atoms with E-state index in [1.165, 1.54) is 0 Å². The molecular weight excluding hydrogens is 196 g/mol. The summed E-state index contributed by atoms with van der Waals surface area (Å²) in [7, 11) is 1.57. The Kier molecular flexibility index (Phi) is 5.53. The zero-order valence-corrected chi connectivity index (χ0v) is 9.81. The highest BCUT2D eigenvalue weighted by Gasteiger charge is 2.25. The molecule has 4 nitrogen and oxygen atoms in total. The number of rotatable bonds is 5. The normalized spacial score (nSPS) is 34.0. The van der Waals surface area contributed by atoms with Crippen molar-refractivity contribution in [2.45, 2.75) is 51.1 Å². The van der Waals surface area contributed by atoms with Crippen LogP contribution in [0.25, 0.3) is 0 Å². The second-order valence-corrected chi connectivity index (χ2v) is 4.29. The van der Waals surface area contributed by atoms with Crippen LogP contribution in [0.2, 0.25) is 0 Å². The second-order valence-electron chi connectivity index (χ2n) is 4.29. The fourth-order valence-corrected chi connectivity index (χ4v) is 1.97. The van der Waals surface area contributed by atoms with Gasteiger partial charge >= 0.3 is 0 Å². The van der Waals surface area contributed by atoms with E-state index < -0.39 is 6.10 Å². The van der Waals surface area contributed by atoms with Crippen LogP contribution >= 0.6 is 0 Å². The van der Waals surface area contributed by atoms with E-state index in [2.05, 4.69) is 13.8 Å². The molecule has 1 N–H and O–H groups in total. The summed E-state index contributed by atoms with van der Waals surface area (Å²) in [6.45, 7) is 4.78. The van der Waals surface area contributed by atoms with Crippen LogP contribution in [0, 0.1) is 0 Å². The number of ether oxygens (including phenoxy) is 3. The summed E-state index contributed by atoms with van der Waals surface area (Å²) < 4.78 is 16.1. The topological polar surface area (TPSA) is 47.9 Å². The van der Waals surface area contributed by atoms with Gasteiger partial charge in [0.2, 0.25) is 0 Å². The van der Waals surface area contributed by atoms with Crippen molar-refractivity contribution in [3.8, 4) is 0 Å². The molecule has 0 amide bonds. The molecule has 0 aromatic carbocycles. The lowest BCUT2D eigenvalue weighted by molar-refractivity contribution is -0.117. The predicted octanol–water partition coefficient (Wildman–Crippen LogP) is 0.966. The van der Waals surface area contributed by atoms with Gasteiger partial charge in [0.05, 0.1) is 31.5 Å². The maximum atomic E-state index is 9.43. The minimum absolute atomic E-state index is 0.204. The lowest BCUT2D eigenvalue weighted by atomic mass is 10.0. The smallest absolute Gasteiger partial charge is 0.101 e. The highest BCUT2D eigenvalue weighted by Crippen LogP contribution is 2.21. The largest absolute Gasteiger partial charge is 0.388 e. The number of hydrogen-bond donors (Lipinski definition) is 1. The Labute approximate surface area is 91.5 Å². The van der Waals surface area contributed by atoms with Gasteiger partial charge in [-0.2, -0.15) is 0 Å². The molecule has 1 rings (SSSR count). The van der Waals surface area contributed by atoms with E-state index in [0.717, 1.165) is 12.8 Å². The van der Waals surface area contributed by atoms with Gasteiger partial charge in [0.15, 0.2) is 0 Å². The molecule has 90 valence electrons. The van der Waals surface area contributed by atoms with Crippen LogP contribution in [0.3, 0.4) is 0 Å². The third-order valence-corrected chi connectivity index (χ3v) is 2.54. The first-order valence-corrected chi connectivity index (χ1v) is 5.56. The zero-order chi connectivity index (χ0) is 11.3. The highest BCUT2D eigenvalue weighted by molar-refractivity contribution is 4.74. The molecule has 0 spiro atoms. The Balaban J connectivity index is 2.20. The van der Waals surface area contributed by atoms with Crippen LogP contribution in [-0.4, -0.2) is 49.8 Å². The number of hydrogen-bond acceptors (Lipinski definition) is 4. The zero-order valence-electron chi connectivity index (χ0n) is 9.81. The summed E-state index contributed by atoms with van der Waals surface area (Å²) >= 11 is 0. The van der Waals surface area contributed by atoms with Crippen LogP contribution in [0.4, 0.5) is 0 Å². The molecule has 3 atom stereocenters. The molecule has 4 heteroatoms. The molecule has 0 aliphatic carbocycles. The molecule has 3 unspecified atom stereocenters. The molecule has 0 bridgehead atoms. The van der Waals surface area contributed by atoms with Gasteiger partial charge in [-0.3, -0.25) is 0 Å². The molecule has 1 aliphatic rings. The lowest BCUT2D eigenvalue weighted by Gasteiger charge is -2.32. The van der Waals surface area contributed by atoms with Gasteiger partial charge in [0.25, 0.3) is 0 Å². The molecule has 1 saturated heterocycles. The number of methoxy groups -OCH3 is 1. The Morgan fingerprint density at radius 3 is 2.40 bits per heavy atom. The molecule has 15 heavy (non-hydrogen) atoms. The van der Waals surface area contributed by atoms with Crippen molar-refractivity contribution >= 4 is 0 Å². The van der Waals surface area contributed by atoms with E-state index in [-0.39, 0.29) is 18.3 Å². The summed E-state index contributed by atoms with van der Waals surface area (Å²) in [6, 6.07) is 0. The minimum Gasteiger partial charge on any atom is -0.388 e. The van der Waals surface area contributed by atoms with Gasteiger partial charge in [-0.25, -0.2) is 0 Å². The Hall–Kier alpha value is -0.160. The number of aliphatic hydroxyl groups excluding tert-OH is 1. The maximum absolute atomic E-state index is 9.43. The van der Waals surface area contributed by atoms with E-state index in [9.17, 15) is 5.11 Å². The van der Waals surface area contributed by atoms with Crippen molar-refractivity contribution in [3.05, 3.63) is 0 Å². The Morgan fingerprint density at radius 1 is 1.27 bits per heavy atom. The quantitative estimate of drug-likeness (QED) is 0.747. The first kappa shape index (κ1) is 12.9. The number of aliphatic hydroxyl groups is 1. The van der Waals surface area contributed by atoms with Crippen LogP contribution in [0.15, 0.2) is 0 Å². The average molecular weight is 218 g/mol. The van der Waals surface area contributed by atoms with E-state index in [0.29, 0.717) is 13.2 Å². The third kappa shape index (κ3) is 4.93. The van der Waals surface area contributed by atoms with Gasteiger partial charge in [0.1, 0.15) is 6.10 Å². The first-order chi connectivity index (χ1) is 7.11. The summed E-state index contributed by atoms with van der Waals surface area (Å²) in [6.07, 6.45) is 1.99. The Morgan fingerprint density at radius 2 is 1.87 bits per heavy atom. The van der Waals surface area contributed by atoms with Crippen LogP contribution in [-0.2, 0) is 14.2 Å². The van der Waals surface area contributed by atoms with Crippen molar-refractivity contribution in [2.24, 2.45) is 0 Å². The average Bonchev–Trinajstić information content (AvgIpc) is 2.14. The maximum Gasteiger partial charge on any atom is 0.101 e. The SMILES string of the molecule is COCC(O)COC1CC(C)OC(C)C1. The van der Waals surface area contributed by atoms with E-state index in [1.54, 1.807) is 7.11 Å². The molecule has 1 heterocycles. The first-order valence-electron chi connectivity index (χ1n) is 5.56. The van der Waals surface area contributed by atoms with E-state index in [4.69, 9.17) is 14.2 Å². The summed E-state index contributed by atoms with van der Waals surface area (Å²) in [4.78, 5) is 0. The van der Waals surface area contributed by atoms with E-state index >= 15 is 0 Å². The van der Waals surface area contributed by atoms with Crippen LogP contribution in [0.5, 0.6) is 0 Å². The molecular formula is C11H22O4. The van der Waals surface area contributed by atoms with Crippen LogP contribution < -0.4 is 0 Å². The molecule has 1 aliphatic heterocycles. The third-order valence-electron chi connectivity index (χ3n) is 2.54. The Bertz CT molecular complexity index is 164. The highest BCUT2D eigenvalue weighted by atomic mass is 16.5. The van der Waals surface area contributed by atoms with Gasteiger partial charge < -0.3 is 19.3 Å². The van der Waals surface area contributed by atoms with Gasteiger partial charge in [-0.1, -0.05) is 0 Å². The standard InChI is InChI=1S/C11H22O4/c1-8-4-11(5-9(2)15-8)14-7-10(12)6-13-3/h8-12H,4-7H2,1-3H3. The fraction of sp³-hybridized carbons (Fsp3) is 1.00.